The van der Waals surface area contributed by atoms with Crippen molar-refractivity contribution in [1.82, 2.24) is 30.3 Å². The summed E-state index contributed by atoms with van der Waals surface area (Å²) in [6.07, 6.45) is 3.57. The van der Waals surface area contributed by atoms with Crippen molar-refractivity contribution in [3.05, 3.63) is 47.0 Å². The number of fused-ring (bicyclic) bond motifs is 2. The second kappa shape index (κ2) is 8.64. The van der Waals surface area contributed by atoms with Crippen molar-refractivity contribution < 1.29 is 9.59 Å². The molecule has 0 spiro atoms. The normalized spacial score (nSPS) is 18.4. The van der Waals surface area contributed by atoms with E-state index in [1.54, 1.807) is 31.3 Å². The lowest BCUT2D eigenvalue weighted by Crippen LogP contribution is -2.42. The fourth-order valence-electron chi connectivity index (χ4n) is 4.01. The smallest absolute Gasteiger partial charge is 0.261 e. The van der Waals surface area contributed by atoms with Crippen LogP contribution >= 0.6 is 0 Å². The third kappa shape index (κ3) is 3.92. The lowest BCUT2D eigenvalue weighted by molar-refractivity contribution is 0.0652. The first-order valence-corrected chi connectivity index (χ1v) is 10.4. The van der Waals surface area contributed by atoms with Gasteiger partial charge in [-0.25, -0.2) is 9.67 Å². The number of carbonyl (C=O) groups excluding carboxylic acids is 2. The van der Waals surface area contributed by atoms with Crippen LogP contribution in [0.1, 0.15) is 64.1 Å². The fraction of sp³-hybridized carbons (Fsp3) is 0.476. The predicted octanol–water partition coefficient (Wildman–Crippen LogP) is 1.66. The Kier molecular flexibility index (Phi) is 5.78. The Morgan fingerprint density at radius 2 is 1.93 bits per heavy atom. The molecule has 1 atom stereocenters. The highest BCUT2D eigenvalue weighted by atomic mass is 16.2. The zero-order valence-corrected chi connectivity index (χ0v) is 17.4. The van der Waals surface area contributed by atoms with E-state index in [0.29, 0.717) is 24.2 Å². The number of benzene rings is 1. The summed E-state index contributed by atoms with van der Waals surface area (Å²) in [5, 5.41) is 11.2. The second-order valence-electron chi connectivity index (χ2n) is 7.59. The van der Waals surface area contributed by atoms with Crippen LogP contribution < -0.4 is 10.6 Å². The van der Waals surface area contributed by atoms with E-state index in [1.807, 2.05) is 11.6 Å². The molecule has 9 nitrogen and oxygen atoms in total. The maximum absolute atomic E-state index is 12.4. The molecule has 9 heteroatoms. The van der Waals surface area contributed by atoms with Crippen LogP contribution in [0.15, 0.2) is 29.3 Å². The van der Waals surface area contributed by atoms with Crippen LogP contribution in [0.4, 0.5) is 0 Å². The number of hydrogen-bond acceptors (Lipinski definition) is 5. The molecule has 2 aromatic rings. The van der Waals surface area contributed by atoms with Gasteiger partial charge in [-0.05, 0) is 44.7 Å². The zero-order chi connectivity index (χ0) is 21.1. The highest BCUT2D eigenvalue weighted by Gasteiger charge is 2.34. The monoisotopic (exact) mass is 409 g/mol. The molecule has 30 heavy (non-hydrogen) atoms. The molecule has 158 valence electrons. The van der Waals surface area contributed by atoms with Crippen LogP contribution in [-0.2, 0) is 6.54 Å². The largest absolute Gasteiger partial charge is 0.356 e. The number of amides is 2. The number of aliphatic imine (C=N–C) groups is 1. The van der Waals surface area contributed by atoms with Gasteiger partial charge in [-0.2, -0.15) is 5.10 Å². The van der Waals surface area contributed by atoms with Gasteiger partial charge < -0.3 is 10.6 Å². The van der Waals surface area contributed by atoms with E-state index >= 15 is 0 Å². The number of unbranched alkanes of at least 4 members (excludes halogenated alkanes) is 1. The molecule has 1 aromatic carbocycles. The zero-order valence-electron chi connectivity index (χ0n) is 17.4. The van der Waals surface area contributed by atoms with Crippen molar-refractivity contribution in [2.45, 2.75) is 45.2 Å². The SMILES string of the molecule is CN=C(NCCCCN1C(=O)c2ccccc2C1=O)NC1CCCn2nc(C)nc21. The molecule has 2 aliphatic rings. The molecule has 1 unspecified atom stereocenters. The van der Waals surface area contributed by atoms with Gasteiger partial charge in [-0.15, -0.1) is 0 Å². The number of nitrogens with one attached hydrogen (secondary N) is 2. The van der Waals surface area contributed by atoms with Crippen molar-refractivity contribution in [2.24, 2.45) is 4.99 Å². The van der Waals surface area contributed by atoms with Gasteiger partial charge in [0, 0.05) is 26.7 Å². The Morgan fingerprint density at radius 3 is 2.63 bits per heavy atom. The summed E-state index contributed by atoms with van der Waals surface area (Å²) < 4.78 is 1.96. The van der Waals surface area contributed by atoms with E-state index in [4.69, 9.17) is 0 Å². The first kappa shape index (κ1) is 20.1. The van der Waals surface area contributed by atoms with Gasteiger partial charge in [-0.1, -0.05) is 12.1 Å². The molecule has 0 bridgehead atoms. The first-order valence-electron chi connectivity index (χ1n) is 10.4. The van der Waals surface area contributed by atoms with E-state index in [0.717, 1.165) is 49.8 Å². The summed E-state index contributed by atoms with van der Waals surface area (Å²) in [7, 11) is 1.74. The number of nitrogens with zero attached hydrogens (tertiary/aromatic N) is 5. The summed E-state index contributed by atoms with van der Waals surface area (Å²) in [6, 6.07) is 7.07. The number of aromatic nitrogens is 3. The lowest BCUT2D eigenvalue weighted by atomic mass is 10.1. The average Bonchev–Trinajstić information content (AvgIpc) is 3.25. The Balaban J connectivity index is 1.23. The van der Waals surface area contributed by atoms with Crippen LogP contribution in [0.25, 0.3) is 0 Å². The van der Waals surface area contributed by atoms with E-state index in [2.05, 4.69) is 25.7 Å². The Bertz CT molecular complexity index is 946. The minimum Gasteiger partial charge on any atom is -0.356 e. The number of hydrogen-bond donors (Lipinski definition) is 2. The second-order valence-corrected chi connectivity index (χ2v) is 7.59. The molecule has 2 aliphatic heterocycles. The summed E-state index contributed by atoms with van der Waals surface area (Å²) in [4.78, 5) is 35.0. The molecule has 0 saturated carbocycles. The number of rotatable bonds is 6. The average molecular weight is 409 g/mol. The van der Waals surface area contributed by atoms with Crippen molar-refractivity contribution in [1.29, 1.82) is 0 Å². The van der Waals surface area contributed by atoms with Gasteiger partial charge in [0.2, 0.25) is 0 Å². The van der Waals surface area contributed by atoms with Crippen LogP contribution in [-0.4, -0.2) is 57.6 Å². The fourth-order valence-corrected chi connectivity index (χ4v) is 4.01. The molecule has 0 aliphatic carbocycles. The summed E-state index contributed by atoms with van der Waals surface area (Å²) in [5.74, 6) is 2.06. The van der Waals surface area contributed by atoms with Gasteiger partial charge in [-0.3, -0.25) is 19.5 Å². The Labute approximate surface area is 175 Å². The maximum Gasteiger partial charge on any atom is 0.261 e. The number of imide groups is 1. The minimum atomic E-state index is -0.197. The number of aryl methyl sites for hydroxylation is 2. The van der Waals surface area contributed by atoms with E-state index in [-0.39, 0.29) is 17.9 Å². The van der Waals surface area contributed by atoms with Gasteiger partial charge in [0.1, 0.15) is 11.6 Å². The maximum atomic E-state index is 12.4. The molecular formula is C21H27N7O2. The van der Waals surface area contributed by atoms with Crippen LogP contribution in [0.5, 0.6) is 0 Å². The quantitative estimate of drug-likeness (QED) is 0.325. The Morgan fingerprint density at radius 1 is 1.20 bits per heavy atom. The van der Waals surface area contributed by atoms with Crippen LogP contribution in [0, 0.1) is 6.92 Å². The van der Waals surface area contributed by atoms with E-state index < -0.39 is 0 Å². The van der Waals surface area contributed by atoms with Gasteiger partial charge in [0.05, 0.1) is 17.2 Å². The summed E-state index contributed by atoms with van der Waals surface area (Å²) in [6.45, 7) is 3.92. The third-order valence-corrected chi connectivity index (χ3v) is 5.49. The molecule has 4 rings (SSSR count). The number of guanidine groups is 1. The molecule has 0 fully saturated rings. The molecule has 1 aromatic heterocycles. The topological polar surface area (TPSA) is 105 Å². The molecular weight excluding hydrogens is 382 g/mol. The van der Waals surface area contributed by atoms with Gasteiger partial charge in [0.25, 0.3) is 11.8 Å². The summed E-state index contributed by atoms with van der Waals surface area (Å²) >= 11 is 0. The van der Waals surface area contributed by atoms with E-state index in [1.165, 1.54) is 4.90 Å². The standard InChI is InChI=1S/C21H27N7O2/c1-14-24-18-17(10-7-13-28(18)26-14)25-21(22-2)23-11-5-6-12-27-19(29)15-8-3-4-9-16(15)20(27)30/h3-4,8-9,17H,5-7,10-13H2,1-2H3,(H2,22,23,25). The van der Waals surface area contributed by atoms with Gasteiger partial charge in [0.15, 0.2) is 5.96 Å². The summed E-state index contributed by atoms with van der Waals surface area (Å²) in [5.41, 5.74) is 1.00. The van der Waals surface area contributed by atoms with Crippen molar-refractivity contribution in [2.75, 3.05) is 20.1 Å². The van der Waals surface area contributed by atoms with Gasteiger partial charge >= 0.3 is 0 Å². The highest BCUT2D eigenvalue weighted by Crippen LogP contribution is 2.23. The predicted molar refractivity (Wildman–Crippen MR) is 112 cm³/mol. The molecule has 3 heterocycles. The van der Waals surface area contributed by atoms with Crippen LogP contribution in [0.3, 0.4) is 0 Å². The van der Waals surface area contributed by atoms with Crippen LogP contribution in [0.2, 0.25) is 0 Å². The Hall–Kier alpha value is -3.23. The number of carbonyl (C=O) groups is 2. The minimum absolute atomic E-state index is 0.0875. The van der Waals surface area contributed by atoms with Crippen molar-refractivity contribution in [3.8, 4) is 0 Å². The van der Waals surface area contributed by atoms with Crippen molar-refractivity contribution in [3.63, 3.8) is 0 Å². The first-order chi connectivity index (χ1) is 14.6. The molecule has 2 amide bonds. The molecule has 0 radical (unpaired) electrons. The van der Waals surface area contributed by atoms with Crippen molar-refractivity contribution >= 4 is 17.8 Å². The third-order valence-electron chi connectivity index (χ3n) is 5.49. The van der Waals surface area contributed by atoms with E-state index in [9.17, 15) is 9.59 Å². The molecule has 0 saturated heterocycles. The highest BCUT2D eigenvalue weighted by molar-refractivity contribution is 6.21. The lowest BCUT2D eigenvalue weighted by Gasteiger charge is -2.25. The molecule has 2 N–H and O–H groups in total.